The predicted molar refractivity (Wildman–Crippen MR) is 63.4 cm³/mol. The molecule has 2 rings (SSSR count). The van der Waals surface area contributed by atoms with Crippen LogP contribution in [0.3, 0.4) is 0 Å². The SMILES string of the molecule is O=c1[nH]c2ccccc2cc1CNCCO. The lowest BCUT2D eigenvalue weighted by molar-refractivity contribution is 0.292. The summed E-state index contributed by atoms with van der Waals surface area (Å²) in [5, 5.41) is 12.6. The second-order valence-electron chi connectivity index (χ2n) is 3.61. The number of aliphatic hydroxyl groups is 1. The van der Waals surface area contributed by atoms with Crippen molar-refractivity contribution in [3.05, 3.63) is 46.2 Å². The van der Waals surface area contributed by atoms with Gasteiger partial charge in [0.15, 0.2) is 0 Å². The van der Waals surface area contributed by atoms with Crippen LogP contribution in [0, 0.1) is 0 Å². The first-order valence-corrected chi connectivity index (χ1v) is 5.24. The molecule has 0 aliphatic rings. The molecule has 0 amide bonds. The Morgan fingerprint density at radius 1 is 1.31 bits per heavy atom. The summed E-state index contributed by atoms with van der Waals surface area (Å²) in [5.74, 6) is 0. The fourth-order valence-electron chi connectivity index (χ4n) is 1.63. The van der Waals surface area contributed by atoms with E-state index in [1.807, 2.05) is 30.3 Å². The van der Waals surface area contributed by atoms with E-state index in [0.717, 1.165) is 10.9 Å². The number of rotatable bonds is 4. The molecule has 0 aliphatic heterocycles. The molecule has 0 saturated heterocycles. The molecule has 16 heavy (non-hydrogen) atoms. The number of aliphatic hydroxyl groups excluding tert-OH is 1. The van der Waals surface area contributed by atoms with E-state index < -0.39 is 0 Å². The molecule has 4 heteroatoms. The maximum Gasteiger partial charge on any atom is 0.252 e. The van der Waals surface area contributed by atoms with Gasteiger partial charge in [-0.05, 0) is 17.5 Å². The fourth-order valence-corrected chi connectivity index (χ4v) is 1.63. The average Bonchev–Trinajstić information content (AvgIpc) is 2.30. The molecule has 0 atom stereocenters. The number of hydrogen-bond donors (Lipinski definition) is 3. The molecule has 0 aliphatic carbocycles. The van der Waals surface area contributed by atoms with E-state index in [0.29, 0.717) is 18.7 Å². The van der Waals surface area contributed by atoms with Gasteiger partial charge in [0.05, 0.1) is 6.61 Å². The van der Waals surface area contributed by atoms with Crippen molar-refractivity contribution < 1.29 is 5.11 Å². The lowest BCUT2D eigenvalue weighted by Gasteiger charge is -2.04. The Kier molecular flexibility index (Phi) is 3.34. The third-order valence-corrected chi connectivity index (χ3v) is 2.43. The van der Waals surface area contributed by atoms with Gasteiger partial charge in [0.1, 0.15) is 0 Å². The summed E-state index contributed by atoms with van der Waals surface area (Å²) in [6.07, 6.45) is 0. The van der Waals surface area contributed by atoms with Crippen molar-refractivity contribution in [2.45, 2.75) is 6.54 Å². The summed E-state index contributed by atoms with van der Waals surface area (Å²) in [4.78, 5) is 14.5. The predicted octanol–water partition coefficient (Wildman–Crippen LogP) is 0.610. The van der Waals surface area contributed by atoms with Gasteiger partial charge in [-0.25, -0.2) is 0 Å². The maximum atomic E-state index is 11.7. The lowest BCUT2D eigenvalue weighted by Crippen LogP contribution is -2.23. The van der Waals surface area contributed by atoms with Gasteiger partial charge in [-0.1, -0.05) is 18.2 Å². The molecule has 3 N–H and O–H groups in total. The average molecular weight is 218 g/mol. The number of fused-ring (bicyclic) bond motifs is 1. The van der Waals surface area contributed by atoms with Gasteiger partial charge in [-0.2, -0.15) is 0 Å². The molecule has 1 aromatic carbocycles. The number of para-hydroxylation sites is 1. The van der Waals surface area contributed by atoms with Crippen molar-refractivity contribution in [1.82, 2.24) is 10.3 Å². The minimum atomic E-state index is -0.0795. The van der Waals surface area contributed by atoms with Crippen molar-refractivity contribution in [3.63, 3.8) is 0 Å². The molecule has 0 saturated carbocycles. The monoisotopic (exact) mass is 218 g/mol. The normalized spacial score (nSPS) is 10.8. The second-order valence-corrected chi connectivity index (χ2v) is 3.61. The first kappa shape index (κ1) is 10.9. The van der Waals surface area contributed by atoms with Crippen LogP contribution in [0.1, 0.15) is 5.56 Å². The number of pyridine rings is 1. The summed E-state index contributed by atoms with van der Waals surface area (Å²) in [7, 11) is 0. The van der Waals surface area contributed by atoms with Crippen molar-refractivity contribution >= 4 is 10.9 Å². The number of aromatic amines is 1. The number of H-pyrrole nitrogens is 1. The minimum absolute atomic E-state index is 0.0749. The smallest absolute Gasteiger partial charge is 0.252 e. The molecule has 2 aromatic rings. The van der Waals surface area contributed by atoms with Gasteiger partial charge in [0.2, 0.25) is 0 Å². The highest BCUT2D eigenvalue weighted by Gasteiger charge is 2.01. The molecule has 0 radical (unpaired) electrons. The van der Waals surface area contributed by atoms with E-state index in [1.165, 1.54) is 0 Å². The lowest BCUT2D eigenvalue weighted by atomic mass is 10.1. The van der Waals surface area contributed by atoms with Crippen LogP contribution in [0.2, 0.25) is 0 Å². The van der Waals surface area contributed by atoms with Crippen molar-refractivity contribution in [3.8, 4) is 0 Å². The van der Waals surface area contributed by atoms with E-state index in [9.17, 15) is 4.79 Å². The van der Waals surface area contributed by atoms with E-state index >= 15 is 0 Å². The molecule has 1 heterocycles. The number of hydrogen-bond acceptors (Lipinski definition) is 3. The molecule has 0 fully saturated rings. The molecule has 1 aromatic heterocycles. The highest BCUT2D eigenvalue weighted by Crippen LogP contribution is 2.09. The zero-order valence-corrected chi connectivity index (χ0v) is 8.86. The summed E-state index contributed by atoms with van der Waals surface area (Å²) < 4.78 is 0. The standard InChI is InChI=1S/C12H14N2O2/c15-6-5-13-8-10-7-9-3-1-2-4-11(9)14-12(10)16/h1-4,7,13,15H,5-6,8H2,(H,14,16). The molecule has 84 valence electrons. The fraction of sp³-hybridized carbons (Fsp3) is 0.250. The third-order valence-electron chi connectivity index (χ3n) is 2.43. The summed E-state index contributed by atoms with van der Waals surface area (Å²) >= 11 is 0. The Morgan fingerprint density at radius 3 is 2.94 bits per heavy atom. The Bertz CT molecular complexity index is 534. The summed E-state index contributed by atoms with van der Waals surface area (Å²) in [5.41, 5.74) is 1.45. The molecule has 0 unspecified atom stereocenters. The highest BCUT2D eigenvalue weighted by atomic mass is 16.3. The minimum Gasteiger partial charge on any atom is -0.395 e. The van der Waals surface area contributed by atoms with Crippen LogP contribution in [0.15, 0.2) is 35.1 Å². The van der Waals surface area contributed by atoms with Gasteiger partial charge >= 0.3 is 0 Å². The number of benzene rings is 1. The van der Waals surface area contributed by atoms with Gasteiger partial charge in [0, 0.05) is 24.2 Å². The Labute approximate surface area is 92.9 Å². The molecular weight excluding hydrogens is 204 g/mol. The van der Waals surface area contributed by atoms with Crippen LogP contribution in [-0.4, -0.2) is 23.2 Å². The summed E-state index contributed by atoms with van der Waals surface area (Å²) in [6.45, 7) is 1.04. The first-order chi connectivity index (χ1) is 7.81. The molecular formula is C12H14N2O2. The highest BCUT2D eigenvalue weighted by molar-refractivity contribution is 5.78. The van der Waals surface area contributed by atoms with Gasteiger partial charge in [-0.3, -0.25) is 4.79 Å². The van der Waals surface area contributed by atoms with E-state index in [1.54, 1.807) is 0 Å². The molecule has 4 nitrogen and oxygen atoms in total. The zero-order chi connectivity index (χ0) is 11.4. The Morgan fingerprint density at radius 2 is 2.12 bits per heavy atom. The van der Waals surface area contributed by atoms with Gasteiger partial charge < -0.3 is 15.4 Å². The van der Waals surface area contributed by atoms with E-state index in [4.69, 9.17) is 5.11 Å². The second kappa shape index (κ2) is 4.92. The van der Waals surface area contributed by atoms with E-state index in [2.05, 4.69) is 10.3 Å². The quantitative estimate of drug-likeness (QED) is 0.659. The van der Waals surface area contributed by atoms with Gasteiger partial charge in [-0.15, -0.1) is 0 Å². The van der Waals surface area contributed by atoms with Crippen LogP contribution in [-0.2, 0) is 6.54 Å². The maximum absolute atomic E-state index is 11.7. The van der Waals surface area contributed by atoms with Crippen LogP contribution >= 0.6 is 0 Å². The Hall–Kier alpha value is -1.65. The van der Waals surface area contributed by atoms with Crippen molar-refractivity contribution in [2.24, 2.45) is 0 Å². The van der Waals surface area contributed by atoms with Crippen molar-refractivity contribution in [1.29, 1.82) is 0 Å². The largest absolute Gasteiger partial charge is 0.395 e. The van der Waals surface area contributed by atoms with Crippen molar-refractivity contribution in [2.75, 3.05) is 13.2 Å². The summed E-state index contributed by atoms with van der Waals surface area (Å²) in [6, 6.07) is 9.54. The van der Waals surface area contributed by atoms with Crippen LogP contribution < -0.4 is 10.9 Å². The third kappa shape index (κ3) is 2.29. The number of aromatic nitrogens is 1. The zero-order valence-electron chi connectivity index (χ0n) is 8.86. The Balaban J connectivity index is 2.31. The van der Waals surface area contributed by atoms with Crippen LogP contribution in [0.25, 0.3) is 10.9 Å². The van der Waals surface area contributed by atoms with Gasteiger partial charge in [0.25, 0.3) is 5.56 Å². The van der Waals surface area contributed by atoms with Crippen LogP contribution in [0.4, 0.5) is 0 Å². The van der Waals surface area contributed by atoms with E-state index in [-0.39, 0.29) is 12.2 Å². The molecule has 0 spiro atoms. The first-order valence-electron chi connectivity index (χ1n) is 5.24. The topological polar surface area (TPSA) is 65.1 Å². The number of nitrogens with one attached hydrogen (secondary N) is 2. The molecule has 0 bridgehead atoms. The van der Waals surface area contributed by atoms with Crippen LogP contribution in [0.5, 0.6) is 0 Å².